The van der Waals surface area contributed by atoms with Crippen LogP contribution in [0.1, 0.15) is 37.8 Å². The molecule has 0 radical (unpaired) electrons. The van der Waals surface area contributed by atoms with Crippen molar-refractivity contribution >= 4 is 11.8 Å². The maximum atomic E-state index is 12.9. The van der Waals surface area contributed by atoms with Gasteiger partial charge in [-0.3, -0.25) is 9.59 Å². The van der Waals surface area contributed by atoms with Crippen molar-refractivity contribution in [2.24, 2.45) is 0 Å². The number of hydrogen-bond acceptors (Lipinski definition) is 2. The molecule has 144 valence electrons. The van der Waals surface area contributed by atoms with Crippen LogP contribution in [0, 0.1) is 0 Å². The Kier molecular flexibility index (Phi) is 8.56. The van der Waals surface area contributed by atoms with E-state index in [1.54, 1.807) is 4.90 Å². The van der Waals surface area contributed by atoms with Gasteiger partial charge in [-0.15, -0.1) is 0 Å². The standard InChI is InChI=1S/C23H30N2O2/c1-3-17-24-23(27)19(2)25(18-16-21-12-8-5-9-13-21)22(26)15-14-20-10-6-4-7-11-20/h4-13,19H,3,14-18H2,1-2H3,(H,24,27). The van der Waals surface area contributed by atoms with Gasteiger partial charge >= 0.3 is 0 Å². The van der Waals surface area contributed by atoms with Gasteiger partial charge in [-0.05, 0) is 37.3 Å². The summed E-state index contributed by atoms with van der Waals surface area (Å²) in [6, 6.07) is 19.6. The van der Waals surface area contributed by atoms with Crippen molar-refractivity contribution in [1.82, 2.24) is 10.2 Å². The summed E-state index contributed by atoms with van der Waals surface area (Å²) in [6.45, 7) is 5.01. The summed E-state index contributed by atoms with van der Waals surface area (Å²) in [5.41, 5.74) is 2.30. The van der Waals surface area contributed by atoms with Crippen LogP contribution in [0.5, 0.6) is 0 Å². The first-order valence-corrected chi connectivity index (χ1v) is 9.76. The van der Waals surface area contributed by atoms with Gasteiger partial charge in [0.1, 0.15) is 6.04 Å². The third-order valence-electron chi connectivity index (χ3n) is 4.67. The van der Waals surface area contributed by atoms with Crippen molar-refractivity contribution in [2.75, 3.05) is 13.1 Å². The molecule has 0 aliphatic carbocycles. The van der Waals surface area contributed by atoms with Gasteiger partial charge in [0.2, 0.25) is 11.8 Å². The Morgan fingerprint density at radius 1 is 0.926 bits per heavy atom. The van der Waals surface area contributed by atoms with Crippen molar-refractivity contribution in [3.05, 3.63) is 71.8 Å². The molecule has 2 rings (SSSR count). The number of aryl methyl sites for hydroxylation is 1. The lowest BCUT2D eigenvalue weighted by atomic mass is 10.1. The average Bonchev–Trinajstić information content (AvgIpc) is 2.72. The molecule has 0 aliphatic heterocycles. The van der Waals surface area contributed by atoms with E-state index in [0.29, 0.717) is 25.9 Å². The minimum absolute atomic E-state index is 0.0222. The summed E-state index contributed by atoms with van der Waals surface area (Å²) >= 11 is 0. The number of benzene rings is 2. The number of nitrogens with zero attached hydrogens (tertiary/aromatic N) is 1. The highest BCUT2D eigenvalue weighted by atomic mass is 16.2. The first kappa shape index (κ1) is 20.7. The Bertz CT molecular complexity index is 701. The fraction of sp³-hybridized carbons (Fsp3) is 0.391. The molecule has 2 amide bonds. The van der Waals surface area contributed by atoms with E-state index in [2.05, 4.69) is 17.4 Å². The number of nitrogens with one attached hydrogen (secondary N) is 1. The molecule has 0 saturated heterocycles. The molecule has 27 heavy (non-hydrogen) atoms. The molecule has 1 N–H and O–H groups in total. The number of rotatable bonds is 10. The van der Waals surface area contributed by atoms with Gasteiger partial charge in [0.25, 0.3) is 0 Å². The van der Waals surface area contributed by atoms with Crippen LogP contribution < -0.4 is 5.32 Å². The zero-order valence-corrected chi connectivity index (χ0v) is 16.4. The molecule has 2 aromatic carbocycles. The van der Waals surface area contributed by atoms with E-state index in [0.717, 1.165) is 18.4 Å². The zero-order chi connectivity index (χ0) is 19.5. The Balaban J connectivity index is 2.02. The molecule has 0 fully saturated rings. The lowest BCUT2D eigenvalue weighted by Crippen LogP contribution is -2.49. The maximum absolute atomic E-state index is 12.9. The summed E-state index contributed by atoms with van der Waals surface area (Å²) in [5.74, 6) is -0.0631. The highest BCUT2D eigenvalue weighted by Crippen LogP contribution is 2.10. The zero-order valence-electron chi connectivity index (χ0n) is 16.4. The predicted octanol–water partition coefficient (Wildman–Crippen LogP) is 3.61. The van der Waals surface area contributed by atoms with Crippen LogP contribution in [-0.4, -0.2) is 35.8 Å². The topological polar surface area (TPSA) is 49.4 Å². The summed E-state index contributed by atoms with van der Waals surface area (Å²) in [4.78, 5) is 27.1. The second-order valence-electron chi connectivity index (χ2n) is 6.78. The van der Waals surface area contributed by atoms with Crippen molar-refractivity contribution in [1.29, 1.82) is 0 Å². The molecule has 0 aliphatic rings. The molecule has 0 spiro atoms. The van der Waals surface area contributed by atoms with Crippen LogP contribution in [0.25, 0.3) is 0 Å². The minimum Gasteiger partial charge on any atom is -0.354 e. The van der Waals surface area contributed by atoms with Crippen LogP contribution in [0.3, 0.4) is 0 Å². The monoisotopic (exact) mass is 366 g/mol. The van der Waals surface area contributed by atoms with Gasteiger partial charge < -0.3 is 10.2 Å². The molecular formula is C23H30N2O2. The summed E-state index contributed by atoms with van der Waals surface area (Å²) in [6.07, 6.45) is 2.71. The summed E-state index contributed by atoms with van der Waals surface area (Å²) in [5, 5.41) is 2.91. The maximum Gasteiger partial charge on any atom is 0.242 e. The van der Waals surface area contributed by atoms with Crippen molar-refractivity contribution in [2.45, 2.75) is 45.6 Å². The fourth-order valence-corrected chi connectivity index (χ4v) is 3.01. The number of carbonyl (C=O) groups excluding carboxylic acids is 2. The molecule has 4 nitrogen and oxygen atoms in total. The summed E-state index contributed by atoms with van der Waals surface area (Å²) < 4.78 is 0. The van der Waals surface area contributed by atoms with E-state index in [1.165, 1.54) is 5.56 Å². The highest BCUT2D eigenvalue weighted by Gasteiger charge is 2.25. The van der Waals surface area contributed by atoms with E-state index in [-0.39, 0.29) is 11.8 Å². The highest BCUT2D eigenvalue weighted by molar-refractivity contribution is 5.87. The number of amides is 2. The van der Waals surface area contributed by atoms with E-state index >= 15 is 0 Å². The van der Waals surface area contributed by atoms with E-state index in [9.17, 15) is 9.59 Å². The van der Waals surface area contributed by atoms with Crippen LogP contribution in [0.2, 0.25) is 0 Å². The van der Waals surface area contributed by atoms with Gasteiger partial charge in [0.05, 0.1) is 0 Å². The van der Waals surface area contributed by atoms with Crippen molar-refractivity contribution in [3.8, 4) is 0 Å². The lowest BCUT2D eigenvalue weighted by molar-refractivity contribution is -0.139. The molecule has 1 unspecified atom stereocenters. The van der Waals surface area contributed by atoms with E-state index in [4.69, 9.17) is 0 Å². The van der Waals surface area contributed by atoms with Gasteiger partial charge in [-0.25, -0.2) is 0 Å². The minimum atomic E-state index is -0.469. The third kappa shape index (κ3) is 6.89. The Labute approximate surface area is 162 Å². The quantitative estimate of drug-likeness (QED) is 0.698. The molecule has 4 heteroatoms. The SMILES string of the molecule is CCCNC(=O)C(C)N(CCc1ccccc1)C(=O)CCc1ccccc1. The largest absolute Gasteiger partial charge is 0.354 e. The van der Waals surface area contributed by atoms with Crippen molar-refractivity contribution < 1.29 is 9.59 Å². The molecule has 0 aromatic heterocycles. The molecule has 2 aromatic rings. The third-order valence-corrected chi connectivity index (χ3v) is 4.67. The molecule has 0 saturated carbocycles. The molecule has 0 bridgehead atoms. The number of carbonyl (C=O) groups is 2. The first-order valence-electron chi connectivity index (χ1n) is 9.76. The van der Waals surface area contributed by atoms with E-state index in [1.807, 2.05) is 62.4 Å². The normalized spacial score (nSPS) is 11.6. The van der Waals surface area contributed by atoms with Crippen LogP contribution in [-0.2, 0) is 22.4 Å². The Morgan fingerprint density at radius 3 is 2.04 bits per heavy atom. The first-order chi connectivity index (χ1) is 13.1. The molecular weight excluding hydrogens is 336 g/mol. The van der Waals surface area contributed by atoms with Crippen LogP contribution in [0.15, 0.2) is 60.7 Å². The second kappa shape index (κ2) is 11.2. The van der Waals surface area contributed by atoms with Gasteiger partial charge in [-0.2, -0.15) is 0 Å². The second-order valence-corrected chi connectivity index (χ2v) is 6.78. The van der Waals surface area contributed by atoms with Crippen LogP contribution in [0.4, 0.5) is 0 Å². The molecule has 0 heterocycles. The number of hydrogen-bond donors (Lipinski definition) is 1. The molecule has 1 atom stereocenters. The lowest BCUT2D eigenvalue weighted by Gasteiger charge is -2.29. The Morgan fingerprint density at radius 2 is 1.48 bits per heavy atom. The average molecular weight is 367 g/mol. The van der Waals surface area contributed by atoms with Gasteiger partial charge in [0, 0.05) is 19.5 Å². The van der Waals surface area contributed by atoms with Crippen molar-refractivity contribution in [3.63, 3.8) is 0 Å². The van der Waals surface area contributed by atoms with E-state index < -0.39 is 6.04 Å². The summed E-state index contributed by atoms with van der Waals surface area (Å²) in [7, 11) is 0. The van der Waals surface area contributed by atoms with Crippen LogP contribution >= 0.6 is 0 Å². The van der Waals surface area contributed by atoms with Gasteiger partial charge in [0.15, 0.2) is 0 Å². The smallest absolute Gasteiger partial charge is 0.242 e. The predicted molar refractivity (Wildman–Crippen MR) is 109 cm³/mol. The van der Waals surface area contributed by atoms with Gasteiger partial charge in [-0.1, -0.05) is 67.6 Å². The fourth-order valence-electron chi connectivity index (χ4n) is 3.01. The Hall–Kier alpha value is -2.62.